The maximum atomic E-state index is 6.29. The van der Waals surface area contributed by atoms with E-state index < -0.39 is 0 Å². The highest BCUT2D eigenvalue weighted by Crippen LogP contribution is 2.25. The SMILES string of the molecule is CCNC(Cc1c(C)nn(C)c1Cl)c1cncnc1. The molecule has 1 unspecified atom stereocenters. The third-order valence-electron chi connectivity index (χ3n) is 3.11. The largest absolute Gasteiger partial charge is 0.310 e. The van der Waals surface area contributed by atoms with Crippen LogP contribution in [0.4, 0.5) is 0 Å². The van der Waals surface area contributed by atoms with Crippen LogP contribution in [0.25, 0.3) is 0 Å². The van der Waals surface area contributed by atoms with Crippen molar-refractivity contribution in [3.05, 3.63) is 40.7 Å². The van der Waals surface area contributed by atoms with Crippen molar-refractivity contribution in [2.45, 2.75) is 26.3 Å². The summed E-state index contributed by atoms with van der Waals surface area (Å²) >= 11 is 6.29. The lowest BCUT2D eigenvalue weighted by atomic mass is 10.0. The summed E-state index contributed by atoms with van der Waals surface area (Å²) in [5.41, 5.74) is 3.09. The molecule has 0 aliphatic heterocycles. The summed E-state index contributed by atoms with van der Waals surface area (Å²) < 4.78 is 1.71. The van der Waals surface area contributed by atoms with Gasteiger partial charge in [0.15, 0.2) is 0 Å². The normalized spacial score (nSPS) is 12.6. The van der Waals surface area contributed by atoms with E-state index in [0.717, 1.165) is 29.8 Å². The zero-order valence-electron chi connectivity index (χ0n) is 11.4. The van der Waals surface area contributed by atoms with Gasteiger partial charge in [0.25, 0.3) is 0 Å². The standard InChI is InChI=1S/C13H18ClN5/c1-4-17-12(10-6-15-8-16-7-10)5-11-9(2)18-19(3)13(11)14/h6-8,12,17H,4-5H2,1-3H3. The Hall–Kier alpha value is -1.46. The van der Waals surface area contributed by atoms with Gasteiger partial charge in [0, 0.05) is 36.6 Å². The molecular formula is C13H18ClN5. The molecule has 0 aliphatic carbocycles. The lowest BCUT2D eigenvalue weighted by Crippen LogP contribution is -2.23. The van der Waals surface area contributed by atoms with Crippen molar-refractivity contribution in [2.75, 3.05) is 6.54 Å². The van der Waals surface area contributed by atoms with Crippen molar-refractivity contribution in [3.63, 3.8) is 0 Å². The summed E-state index contributed by atoms with van der Waals surface area (Å²) in [7, 11) is 1.85. The first-order chi connectivity index (χ1) is 9.13. The Morgan fingerprint density at radius 3 is 2.58 bits per heavy atom. The molecule has 0 bridgehead atoms. The van der Waals surface area contributed by atoms with Gasteiger partial charge in [0.1, 0.15) is 11.5 Å². The van der Waals surface area contributed by atoms with Crippen molar-refractivity contribution >= 4 is 11.6 Å². The van der Waals surface area contributed by atoms with Crippen molar-refractivity contribution in [1.29, 1.82) is 0 Å². The fourth-order valence-electron chi connectivity index (χ4n) is 2.15. The van der Waals surface area contributed by atoms with Crippen LogP contribution in [0.5, 0.6) is 0 Å². The summed E-state index contributed by atoms with van der Waals surface area (Å²) in [6, 6.07) is 0.145. The van der Waals surface area contributed by atoms with Crippen LogP contribution >= 0.6 is 11.6 Å². The van der Waals surface area contributed by atoms with Crippen LogP contribution in [-0.4, -0.2) is 26.3 Å². The van der Waals surface area contributed by atoms with Crippen LogP contribution in [-0.2, 0) is 13.5 Å². The molecule has 0 spiro atoms. The molecule has 0 saturated heterocycles. The van der Waals surface area contributed by atoms with E-state index in [2.05, 4.69) is 27.3 Å². The zero-order valence-corrected chi connectivity index (χ0v) is 12.1. The lowest BCUT2D eigenvalue weighted by Gasteiger charge is -2.17. The van der Waals surface area contributed by atoms with E-state index in [1.54, 1.807) is 4.68 Å². The van der Waals surface area contributed by atoms with Gasteiger partial charge < -0.3 is 5.32 Å². The lowest BCUT2D eigenvalue weighted by molar-refractivity contribution is 0.545. The third kappa shape index (κ3) is 3.11. The van der Waals surface area contributed by atoms with Gasteiger partial charge in [-0.15, -0.1) is 0 Å². The second kappa shape index (κ2) is 6.12. The van der Waals surface area contributed by atoms with Gasteiger partial charge in [-0.3, -0.25) is 4.68 Å². The van der Waals surface area contributed by atoms with Crippen LogP contribution in [0.15, 0.2) is 18.7 Å². The molecule has 102 valence electrons. The van der Waals surface area contributed by atoms with Gasteiger partial charge in [0.2, 0.25) is 0 Å². The Morgan fingerprint density at radius 1 is 1.37 bits per heavy atom. The molecule has 0 saturated carbocycles. The van der Waals surface area contributed by atoms with Crippen LogP contribution in [0, 0.1) is 6.92 Å². The number of aryl methyl sites for hydroxylation is 2. The second-order valence-corrected chi connectivity index (χ2v) is 4.82. The summed E-state index contributed by atoms with van der Waals surface area (Å²) in [4.78, 5) is 8.15. The number of nitrogens with one attached hydrogen (secondary N) is 1. The Bertz CT molecular complexity index is 537. The minimum Gasteiger partial charge on any atom is -0.310 e. The quantitative estimate of drug-likeness (QED) is 0.910. The van der Waals surface area contributed by atoms with E-state index in [0.29, 0.717) is 5.15 Å². The summed E-state index contributed by atoms with van der Waals surface area (Å²) in [5.74, 6) is 0. The van der Waals surface area contributed by atoms with Crippen LogP contribution in [0.1, 0.15) is 29.8 Å². The van der Waals surface area contributed by atoms with Gasteiger partial charge >= 0.3 is 0 Å². The zero-order chi connectivity index (χ0) is 13.8. The Balaban J connectivity index is 2.26. The Kier molecular flexibility index (Phi) is 4.50. The second-order valence-electron chi connectivity index (χ2n) is 4.46. The van der Waals surface area contributed by atoms with E-state index in [9.17, 15) is 0 Å². The van der Waals surface area contributed by atoms with Crippen molar-refractivity contribution in [1.82, 2.24) is 25.1 Å². The van der Waals surface area contributed by atoms with Crippen LogP contribution < -0.4 is 5.32 Å². The molecule has 0 radical (unpaired) electrons. The molecule has 1 N–H and O–H groups in total. The topological polar surface area (TPSA) is 55.6 Å². The smallest absolute Gasteiger partial charge is 0.130 e. The monoisotopic (exact) mass is 279 g/mol. The number of aromatic nitrogens is 4. The fraction of sp³-hybridized carbons (Fsp3) is 0.462. The van der Waals surface area contributed by atoms with E-state index in [1.807, 2.05) is 26.4 Å². The van der Waals surface area contributed by atoms with Crippen molar-refractivity contribution in [2.24, 2.45) is 7.05 Å². The van der Waals surface area contributed by atoms with Crippen LogP contribution in [0.3, 0.4) is 0 Å². The van der Waals surface area contributed by atoms with Gasteiger partial charge in [-0.25, -0.2) is 9.97 Å². The Labute approximate surface area is 118 Å². The van der Waals surface area contributed by atoms with Gasteiger partial charge in [-0.2, -0.15) is 5.10 Å². The average Bonchev–Trinajstić information content (AvgIpc) is 2.65. The van der Waals surface area contributed by atoms with Gasteiger partial charge in [-0.05, 0) is 19.9 Å². The molecule has 2 heterocycles. The molecule has 0 aromatic carbocycles. The maximum Gasteiger partial charge on any atom is 0.130 e. The minimum absolute atomic E-state index is 0.145. The molecule has 2 aromatic rings. The molecule has 0 amide bonds. The first-order valence-electron chi connectivity index (χ1n) is 6.29. The predicted octanol–water partition coefficient (Wildman–Crippen LogP) is 2.07. The van der Waals surface area contributed by atoms with E-state index in [4.69, 9.17) is 11.6 Å². The molecule has 19 heavy (non-hydrogen) atoms. The summed E-state index contributed by atoms with van der Waals surface area (Å²) in [5, 5.41) is 8.47. The molecule has 2 rings (SSSR count). The van der Waals surface area contributed by atoms with E-state index in [1.165, 1.54) is 6.33 Å². The fourth-order valence-corrected chi connectivity index (χ4v) is 2.41. The first-order valence-corrected chi connectivity index (χ1v) is 6.67. The molecule has 0 aliphatic rings. The van der Waals surface area contributed by atoms with Gasteiger partial charge in [-0.1, -0.05) is 18.5 Å². The highest BCUT2D eigenvalue weighted by Gasteiger charge is 2.18. The van der Waals surface area contributed by atoms with E-state index in [-0.39, 0.29) is 6.04 Å². The van der Waals surface area contributed by atoms with E-state index >= 15 is 0 Å². The first kappa shape index (κ1) is 14.0. The molecular weight excluding hydrogens is 262 g/mol. The van der Waals surface area contributed by atoms with Gasteiger partial charge in [0.05, 0.1) is 5.69 Å². The summed E-state index contributed by atoms with van der Waals surface area (Å²) in [6.45, 7) is 4.93. The molecule has 1 atom stereocenters. The number of nitrogens with zero attached hydrogens (tertiary/aromatic N) is 4. The number of rotatable bonds is 5. The maximum absolute atomic E-state index is 6.29. The highest BCUT2D eigenvalue weighted by molar-refractivity contribution is 6.30. The minimum atomic E-state index is 0.145. The molecule has 5 nitrogen and oxygen atoms in total. The van der Waals surface area contributed by atoms with Crippen molar-refractivity contribution in [3.8, 4) is 0 Å². The average molecular weight is 280 g/mol. The number of hydrogen-bond acceptors (Lipinski definition) is 4. The molecule has 0 fully saturated rings. The molecule has 2 aromatic heterocycles. The summed E-state index contributed by atoms with van der Waals surface area (Å²) in [6.07, 6.45) is 5.98. The Morgan fingerprint density at radius 2 is 2.05 bits per heavy atom. The number of hydrogen-bond donors (Lipinski definition) is 1. The number of likely N-dealkylation sites (N-methyl/N-ethyl adjacent to an activating group) is 1. The van der Waals surface area contributed by atoms with Crippen LogP contribution in [0.2, 0.25) is 5.15 Å². The third-order valence-corrected chi connectivity index (χ3v) is 3.58. The predicted molar refractivity (Wildman–Crippen MR) is 75.1 cm³/mol. The molecule has 6 heteroatoms. The number of halogens is 1. The van der Waals surface area contributed by atoms with Crippen molar-refractivity contribution < 1.29 is 0 Å². The highest BCUT2D eigenvalue weighted by atomic mass is 35.5.